The topological polar surface area (TPSA) is 38.4 Å². The van der Waals surface area contributed by atoms with Gasteiger partial charge in [-0.25, -0.2) is 0 Å². The maximum Gasteiger partial charge on any atom is 0.0409 e. The number of nitrogens with two attached hydrogens (primary N) is 1. The summed E-state index contributed by atoms with van der Waals surface area (Å²) in [5.74, 6) is 6.97. The van der Waals surface area contributed by atoms with Crippen LogP contribution in [0, 0.1) is 11.8 Å². The van der Waals surface area contributed by atoms with Gasteiger partial charge in [-0.1, -0.05) is 6.42 Å². The fraction of sp³-hybridized carbons (Fsp3) is 0.875. The van der Waals surface area contributed by atoms with E-state index in [0.29, 0.717) is 0 Å². The number of hydrazone groups is 1. The molecule has 0 aliphatic heterocycles. The fourth-order valence-electron chi connectivity index (χ4n) is 1.95. The minimum Gasteiger partial charge on any atom is -0.323 e. The summed E-state index contributed by atoms with van der Waals surface area (Å²) in [6, 6.07) is 0. The SMILES string of the molecule is N/N=C1/CCC1C1CCC1. The van der Waals surface area contributed by atoms with Crippen molar-refractivity contribution >= 4 is 5.71 Å². The summed E-state index contributed by atoms with van der Waals surface area (Å²) in [5.41, 5.74) is 1.28. The van der Waals surface area contributed by atoms with E-state index in [9.17, 15) is 0 Å². The summed E-state index contributed by atoms with van der Waals surface area (Å²) < 4.78 is 0. The Morgan fingerprint density at radius 2 is 2.10 bits per heavy atom. The summed E-state index contributed by atoms with van der Waals surface area (Å²) in [7, 11) is 0. The minimum absolute atomic E-state index is 0.791. The van der Waals surface area contributed by atoms with Gasteiger partial charge in [-0.05, 0) is 31.6 Å². The van der Waals surface area contributed by atoms with E-state index < -0.39 is 0 Å². The first-order chi connectivity index (χ1) is 4.92. The van der Waals surface area contributed by atoms with Gasteiger partial charge in [0.15, 0.2) is 0 Å². The van der Waals surface area contributed by atoms with Crippen LogP contribution >= 0.6 is 0 Å². The predicted octanol–water partition coefficient (Wildman–Crippen LogP) is 1.51. The highest BCUT2D eigenvalue weighted by molar-refractivity contribution is 5.91. The predicted molar refractivity (Wildman–Crippen MR) is 41.7 cm³/mol. The molecule has 0 radical (unpaired) electrons. The maximum atomic E-state index is 5.23. The second-order valence-electron chi connectivity index (χ2n) is 3.46. The van der Waals surface area contributed by atoms with Crippen molar-refractivity contribution in [2.75, 3.05) is 0 Å². The monoisotopic (exact) mass is 138 g/mol. The van der Waals surface area contributed by atoms with E-state index in [-0.39, 0.29) is 0 Å². The molecule has 0 amide bonds. The Bertz CT molecular complexity index is 159. The van der Waals surface area contributed by atoms with E-state index >= 15 is 0 Å². The van der Waals surface area contributed by atoms with E-state index in [1.807, 2.05) is 0 Å². The lowest BCUT2D eigenvalue weighted by molar-refractivity contribution is 0.225. The van der Waals surface area contributed by atoms with Crippen molar-refractivity contribution in [3.05, 3.63) is 0 Å². The molecule has 1 unspecified atom stereocenters. The molecule has 2 nitrogen and oxygen atoms in total. The molecular formula is C8H14N2. The molecule has 0 aromatic rings. The van der Waals surface area contributed by atoms with Crippen LogP contribution in [-0.2, 0) is 0 Å². The molecule has 2 aliphatic carbocycles. The molecule has 0 bridgehead atoms. The van der Waals surface area contributed by atoms with Gasteiger partial charge in [0.25, 0.3) is 0 Å². The van der Waals surface area contributed by atoms with Crippen LogP contribution < -0.4 is 5.84 Å². The molecular weight excluding hydrogens is 124 g/mol. The van der Waals surface area contributed by atoms with Crippen molar-refractivity contribution in [1.82, 2.24) is 0 Å². The van der Waals surface area contributed by atoms with Crippen LogP contribution in [0.5, 0.6) is 0 Å². The van der Waals surface area contributed by atoms with E-state index in [4.69, 9.17) is 5.84 Å². The van der Waals surface area contributed by atoms with Crippen LogP contribution in [0.15, 0.2) is 5.10 Å². The van der Waals surface area contributed by atoms with Crippen molar-refractivity contribution < 1.29 is 0 Å². The first kappa shape index (κ1) is 6.20. The Morgan fingerprint density at radius 1 is 1.30 bits per heavy atom. The zero-order valence-electron chi connectivity index (χ0n) is 6.21. The van der Waals surface area contributed by atoms with Crippen LogP contribution in [0.1, 0.15) is 32.1 Å². The molecule has 56 valence electrons. The second-order valence-corrected chi connectivity index (χ2v) is 3.46. The van der Waals surface area contributed by atoms with E-state index in [0.717, 1.165) is 18.3 Å². The van der Waals surface area contributed by atoms with Gasteiger partial charge in [-0.2, -0.15) is 5.10 Å². The summed E-state index contributed by atoms with van der Waals surface area (Å²) in [4.78, 5) is 0. The molecule has 0 heterocycles. The lowest BCUT2D eigenvalue weighted by Crippen LogP contribution is -2.36. The first-order valence-electron chi connectivity index (χ1n) is 4.18. The van der Waals surface area contributed by atoms with Gasteiger partial charge >= 0.3 is 0 Å². The van der Waals surface area contributed by atoms with Crippen molar-refractivity contribution in [3.8, 4) is 0 Å². The molecule has 0 aromatic heterocycles. The van der Waals surface area contributed by atoms with Crippen LogP contribution in [0.2, 0.25) is 0 Å². The largest absolute Gasteiger partial charge is 0.323 e. The fourth-order valence-corrected chi connectivity index (χ4v) is 1.95. The molecule has 0 aromatic carbocycles. The van der Waals surface area contributed by atoms with Gasteiger partial charge in [-0.15, -0.1) is 0 Å². The molecule has 2 N–H and O–H groups in total. The molecule has 0 spiro atoms. The van der Waals surface area contributed by atoms with Gasteiger partial charge in [0.2, 0.25) is 0 Å². The van der Waals surface area contributed by atoms with Gasteiger partial charge in [-0.3, -0.25) is 0 Å². The number of hydrogen-bond donors (Lipinski definition) is 1. The average molecular weight is 138 g/mol. The number of rotatable bonds is 1. The summed E-state index contributed by atoms with van der Waals surface area (Å²) >= 11 is 0. The zero-order valence-corrected chi connectivity index (χ0v) is 6.21. The normalized spacial score (nSPS) is 37.2. The number of hydrogen-bond acceptors (Lipinski definition) is 2. The quantitative estimate of drug-likeness (QED) is 0.433. The second kappa shape index (κ2) is 2.26. The van der Waals surface area contributed by atoms with Crippen molar-refractivity contribution in [2.45, 2.75) is 32.1 Å². The lowest BCUT2D eigenvalue weighted by Gasteiger charge is -2.39. The Hall–Kier alpha value is -0.530. The van der Waals surface area contributed by atoms with Crippen LogP contribution in [-0.4, -0.2) is 5.71 Å². The molecule has 2 fully saturated rings. The highest BCUT2D eigenvalue weighted by Gasteiger charge is 2.36. The van der Waals surface area contributed by atoms with Gasteiger partial charge in [0, 0.05) is 11.6 Å². The third-order valence-electron chi connectivity index (χ3n) is 3.02. The summed E-state index contributed by atoms with van der Waals surface area (Å²) in [6.45, 7) is 0. The summed E-state index contributed by atoms with van der Waals surface area (Å²) in [5, 5.41) is 3.79. The molecule has 1 atom stereocenters. The van der Waals surface area contributed by atoms with Gasteiger partial charge in [0.05, 0.1) is 0 Å². The average Bonchev–Trinajstić information content (AvgIpc) is 1.77. The Balaban J connectivity index is 1.93. The Kier molecular flexibility index (Phi) is 1.40. The minimum atomic E-state index is 0.791. The Labute approximate surface area is 61.5 Å². The lowest BCUT2D eigenvalue weighted by atomic mass is 9.66. The zero-order chi connectivity index (χ0) is 6.97. The third-order valence-corrected chi connectivity index (χ3v) is 3.02. The van der Waals surface area contributed by atoms with E-state index in [1.165, 1.54) is 31.4 Å². The van der Waals surface area contributed by atoms with Crippen molar-refractivity contribution in [3.63, 3.8) is 0 Å². The van der Waals surface area contributed by atoms with Crippen molar-refractivity contribution in [1.29, 1.82) is 0 Å². The smallest absolute Gasteiger partial charge is 0.0409 e. The number of nitrogens with zero attached hydrogens (tertiary/aromatic N) is 1. The molecule has 10 heavy (non-hydrogen) atoms. The van der Waals surface area contributed by atoms with Crippen LogP contribution in [0.3, 0.4) is 0 Å². The van der Waals surface area contributed by atoms with Crippen LogP contribution in [0.25, 0.3) is 0 Å². The summed E-state index contributed by atoms with van der Waals surface area (Å²) in [6.07, 6.45) is 6.78. The van der Waals surface area contributed by atoms with E-state index in [1.54, 1.807) is 0 Å². The van der Waals surface area contributed by atoms with Crippen molar-refractivity contribution in [2.24, 2.45) is 22.8 Å². The van der Waals surface area contributed by atoms with E-state index in [2.05, 4.69) is 5.10 Å². The Morgan fingerprint density at radius 3 is 2.40 bits per heavy atom. The molecule has 2 aliphatic rings. The van der Waals surface area contributed by atoms with Crippen LogP contribution in [0.4, 0.5) is 0 Å². The highest BCUT2D eigenvalue weighted by Crippen LogP contribution is 2.41. The molecule has 0 saturated heterocycles. The molecule has 2 saturated carbocycles. The van der Waals surface area contributed by atoms with Gasteiger partial charge < -0.3 is 5.84 Å². The standard InChI is InChI=1S/C8H14N2/c9-10-8-5-4-7(8)6-2-1-3-6/h6-7H,1-5,9H2/b10-8-. The molecule has 2 rings (SSSR count). The highest BCUT2D eigenvalue weighted by atomic mass is 15.1. The molecule has 2 heteroatoms. The first-order valence-corrected chi connectivity index (χ1v) is 4.18. The maximum absolute atomic E-state index is 5.23. The third kappa shape index (κ3) is 0.746. The van der Waals surface area contributed by atoms with Gasteiger partial charge in [0.1, 0.15) is 0 Å².